The quantitative estimate of drug-likeness (QED) is 0.414. The third-order valence-corrected chi connectivity index (χ3v) is 6.64. The monoisotopic (exact) mass is 501 g/mol. The molecule has 2 amide bonds. The first-order valence-corrected chi connectivity index (χ1v) is 11.5. The van der Waals surface area contributed by atoms with Crippen molar-refractivity contribution in [3.05, 3.63) is 70.2 Å². The predicted molar refractivity (Wildman–Crippen MR) is 125 cm³/mol. The topological polar surface area (TPSA) is 118 Å². The lowest BCUT2D eigenvalue weighted by molar-refractivity contribution is -0.138. The lowest BCUT2D eigenvalue weighted by Crippen LogP contribution is -2.41. The number of aromatic nitrogens is 1. The standard InChI is InChI=1S/C24H21F2N3O5S/c1-12-20(22(32)28-18(21(25)26)10-19(30)31)35-23(27-12)29-24(33)34-11-17-15-8-4-2-6-13(15)14-7-3-5-9-16(14)17/h2-9,17-18,21H,10-11H2,1H3,(H,28,32)(H,30,31)(H,27,29,33). The smallest absolute Gasteiger partial charge is 0.413 e. The highest BCUT2D eigenvalue weighted by Gasteiger charge is 2.30. The summed E-state index contributed by atoms with van der Waals surface area (Å²) in [5.74, 6) is -2.49. The number of carbonyl (C=O) groups is 3. The number of ether oxygens (including phenoxy) is 1. The number of anilines is 1. The van der Waals surface area contributed by atoms with Crippen LogP contribution < -0.4 is 10.6 Å². The largest absolute Gasteiger partial charge is 0.481 e. The zero-order valence-electron chi connectivity index (χ0n) is 18.5. The number of benzene rings is 2. The molecule has 11 heteroatoms. The van der Waals surface area contributed by atoms with E-state index in [1.807, 2.05) is 53.8 Å². The van der Waals surface area contributed by atoms with Crippen LogP contribution in [0.3, 0.4) is 0 Å². The van der Waals surface area contributed by atoms with Gasteiger partial charge < -0.3 is 15.2 Å². The summed E-state index contributed by atoms with van der Waals surface area (Å²) in [5.41, 5.74) is 4.49. The van der Waals surface area contributed by atoms with Crippen molar-refractivity contribution in [3.8, 4) is 11.1 Å². The Morgan fingerprint density at radius 3 is 2.26 bits per heavy atom. The van der Waals surface area contributed by atoms with Crippen molar-refractivity contribution in [2.75, 3.05) is 11.9 Å². The van der Waals surface area contributed by atoms with Crippen LogP contribution in [0.4, 0.5) is 18.7 Å². The number of hydrogen-bond acceptors (Lipinski definition) is 6. The van der Waals surface area contributed by atoms with Gasteiger partial charge >= 0.3 is 12.1 Å². The molecular formula is C24H21F2N3O5S. The van der Waals surface area contributed by atoms with Gasteiger partial charge in [-0.1, -0.05) is 59.9 Å². The van der Waals surface area contributed by atoms with Crippen LogP contribution in [0.1, 0.15) is 38.8 Å². The number of rotatable bonds is 8. The van der Waals surface area contributed by atoms with Crippen LogP contribution in [0.25, 0.3) is 11.1 Å². The number of carboxylic acid groups (broad SMARTS) is 1. The maximum atomic E-state index is 13.0. The van der Waals surface area contributed by atoms with Crippen molar-refractivity contribution in [3.63, 3.8) is 0 Å². The maximum Gasteiger partial charge on any atom is 0.413 e. The molecule has 8 nitrogen and oxygen atoms in total. The van der Waals surface area contributed by atoms with Crippen molar-refractivity contribution in [1.29, 1.82) is 0 Å². The third kappa shape index (κ3) is 5.29. The van der Waals surface area contributed by atoms with E-state index in [-0.39, 0.29) is 28.2 Å². The van der Waals surface area contributed by atoms with E-state index >= 15 is 0 Å². The van der Waals surface area contributed by atoms with Gasteiger partial charge in [0, 0.05) is 5.92 Å². The van der Waals surface area contributed by atoms with Crippen LogP contribution in [0.15, 0.2) is 48.5 Å². The summed E-state index contributed by atoms with van der Waals surface area (Å²) in [5, 5.41) is 13.3. The van der Waals surface area contributed by atoms with Crippen LogP contribution in [-0.4, -0.2) is 47.1 Å². The molecule has 0 aliphatic heterocycles. The SMILES string of the molecule is Cc1nc(NC(=O)OCC2c3ccccc3-c3ccccc32)sc1C(=O)NC(CC(=O)O)C(F)F. The number of aryl methyl sites for hydroxylation is 1. The fourth-order valence-electron chi connectivity index (χ4n) is 4.01. The number of alkyl halides is 2. The number of thiazole rings is 1. The van der Waals surface area contributed by atoms with Gasteiger partial charge in [0.15, 0.2) is 5.13 Å². The fourth-order valence-corrected chi connectivity index (χ4v) is 4.86. The second kappa shape index (κ2) is 10.2. The van der Waals surface area contributed by atoms with Gasteiger partial charge in [0.1, 0.15) is 17.5 Å². The molecular weight excluding hydrogens is 480 g/mol. The first-order chi connectivity index (χ1) is 16.7. The first kappa shape index (κ1) is 24.3. The number of carboxylic acids is 1. The molecule has 0 spiro atoms. The van der Waals surface area contributed by atoms with E-state index in [1.165, 1.54) is 6.92 Å². The molecule has 4 rings (SSSR count). The van der Waals surface area contributed by atoms with E-state index in [0.29, 0.717) is 0 Å². The molecule has 1 unspecified atom stereocenters. The molecule has 1 aliphatic carbocycles. The van der Waals surface area contributed by atoms with Gasteiger partial charge in [0.25, 0.3) is 12.3 Å². The molecule has 1 atom stereocenters. The van der Waals surface area contributed by atoms with Crippen LogP contribution in [0, 0.1) is 6.92 Å². The summed E-state index contributed by atoms with van der Waals surface area (Å²) >= 11 is 0.776. The highest BCUT2D eigenvalue weighted by atomic mass is 32.1. The van der Waals surface area contributed by atoms with Crippen LogP contribution >= 0.6 is 11.3 Å². The number of hydrogen-bond donors (Lipinski definition) is 3. The average molecular weight is 502 g/mol. The Labute approximate surface area is 203 Å². The molecule has 1 aromatic heterocycles. The first-order valence-electron chi connectivity index (χ1n) is 10.6. The third-order valence-electron chi connectivity index (χ3n) is 5.57. The molecule has 3 aromatic rings. The number of halogens is 2. The van der Waals surface area contributed by atoms with Gasteiger partial charge in [0.05, 0.1) is 12.1 Å². The molecule has 0 bridgehead atoms. The number of carbonyl (C=O) groups excluding carboxylic acids is 2. The van der Waals surface area contributed by atoms with Crippen molar-refractivity contribution < 1.29 is 33.0 Å². The van der Waals surface area contributed by atoms with Crippen molar-refractivity contribution in [2.45, 2.75) is 31.7 Å². The molecule has 0 radical (unpaired) electrons. The lowest BCUT2D eigenvalue weighted by atomic mass is 9.98. The Morgan fingerprint density at radius 2 is 1.69 bits per heavy atom. The number of amides is 2. The molecule has 182 valence electrons. The minimum absolute atomic E-state index is 0.0185. The Morgan fingerprint density at radius 1 is 1.09 bits per heavy atom. The Balaban J connectivity index is 1.40. The lowest BCUT2D eigenvalue weighted by Gasteiger charge is -2.15. The van der Waals surface area contributed by atoms with E-state index in [2.05, 4.69) is 10.3 Å². The summed E-state index contributed by atoms with van der Waals surface area (Å²) < 4.78 is 31.5. The molecule has 1 heterocycles. The Kier molecular flexibility index (Phi) is 7.06. The average Bonchev–Trinajstić information content (AvgIpc) is 3.34. The summed E-state index contributed by atoms with van der Waals surface area (Å²) in [7, 11) is 0. The molecule has 2 aromatic carbocycles. The van der Waals surface area contributed by atoms with Gasteiger partial charge in [-0.3, -0.25) is 14.9 Å². The summed E-state index contributed by atoms with van der Waals surface area (Å²) in [6.45, 7) is 1.56. The van der Waals surface area contributed by atoms with Gasteiger partial charge in [-0.2, -0.15) is 0 Å². The van der Waals surface area contributed by atoms with Gasteiger partial charge in [-0.25, -0.2) is 18.6 Å². The molecule has 1 aliphatic rings. The number of nitrogens with one attached hydrogen (secondary N) is 2. The van der Waals surface area contributed by atoms with E-state index in [0.717, 1.165) is 33.6 Å². The molecule has 0 fully saturated rings. The normalized spacial score (nSPS) is 13.1. The number of aliphatic carboxylic acids is 1. The highest BCUT2D eigenvalue weighted by molar-refractivity contribution is 7.17. The van der Waals surface area contributed by atoms with Gasteiger partial charge in [-0.15, -0.1) is 0 Å². The van der Waals surface area contributed by atoms with Gasteiger partial charge in [0.2, 0.25) is 0 Å². The van der Waals surface area contributed by atoms with E-state index in [4.69, 9.17) is 9.84 Å². The summed E-state index contributed by atoms with van der Waals surface area (Å²) in [4.78, 5) is 39.6. The maximum absolute atomic E-state index is 13.0. The van der Waals surface area contributed by atoms with E-state index in [9.17, 15) is 23.2 Å². The summed E-state index contributed by atoms with van der Waals surface area (Å²) in [6.07, 6.45) is -4.75. The number of nitrogens with zero attached hydrogens (tertiary/aromatic N) is 1. The zero-order valence-corrected chi connectivity index (χ0v) is 19.3. The highest BCUT2D eigenvalue weighted by Crippen LogP contribution is 2.44. The van der Waals surface area contributed by atoms with Crippen molar-refractivity contribution >= 4 is 34.4 Å². The van der Waals surface area contributed by atoms with E-state index in [1.54, 1.807) is 0 Å². The minimum atomic E-state index is -3.05. The molecule has 0 saturated heterocycles. The summed E-state index contributed by atoms with van der Waals surface area (Å²) in [6, 6.07) is 13.9. The Bertz CT molecular complexity index is 1230. The Hall–Kier alpha value is -3.86. The van der Waals surface area contributed by atoms with Crippen LogP contribution in [-0.2, 0) is 9.53 Å². The van der Waals surface area contributed by atoms with Crippen LogP contribution in [0.2, 0.25) is 0 Å². The van der Waals surface area contributed by atoms with Crippen LogP contribution in [0.5, 0.6) is 0 Å². The molecule has 3 N–H and O–H groups in total. The van der Waals surface area contributed by atoms with Gasteiger partial charge in [-0.05, 0) is 29.2 Å². The molecule has 35 heavy (non-hydrogen) atoms. The van der Waals surface area contributed by atoms with E-state index < -0.39 is 36.9 Å². The second-order valence-electron chi connectivity index (χ2n) is 7.90. The zero-order chi connectivity index (χ0) is 25.1. The fraction of sp³-hybridized carbons (Fsp3) is 0.250. The van der Waals surface area contributed by atoms with Crippen molar-refractivity contribution in [1.82, 2.24) is 10.3 Å². The number of fused-ring (bicyclic) bond motifs is 3. The second-order valence-corrected chi connectivity index (χ2v) is 8.90. The van der Waals surface area contributed by atoms with Crippen molar-refractivity contribution in [2.24, 2.45) is 0 Å². The molecule has 0 saturated carbocycles. The predicted octanol–water partition coefficient (Wildman–Crippen LogP) is 4.65. The minimum Gasteiger partial charge on any atom is -0.481 e.